The number of aryl methyl sites for hydroxylation is 1. The van der Waals surface area contributed by atoms with Crippen LogP contribution in [0.2, 0.25) is 10.0 Å². The second-order valence-corrected chi connectivity index (χ2v) is 6.31. The largest absolute Gasteiger partial charge is 0.341 e. The molecule has 1 fully saturated rings. The lowest BCUT2D eigenvalue weighted by molar-refractivity contribution is 0.568. The quantitative estimate of drug-likeness (QED) is 0.871. The third-order valence-electron chi connectivity index (χ3n) is 3.67. The molecule has 3 rings (SSSR count). The highest BCUT2D eigenvalue weighted by Gasteiger charge is 2.14. The topological polar surface area (TPSA) is 41.1 Å². The number of piperidine rings is 1. The van der Waals surface area contributed by atoms with Crippen molar-refractivity contribution in [2.24, 2.45) is 0 Å². The monoisotopic (exact) mass is 336 g/mol. The molecule has 4 nitrogen and oxygen atoms in total. The minimum Gasteiger partial charge on any atom is -0.341 e. The molecule has 22 heavy (non-hydrogen) atoms. The Morgan fingerprint density at radius 1 is 1.00 bits per heavy atom. The first-order valence-electron chi connectivity index (χ1n) is 7.44. The third kappa shape index (κ3) is 3.62. The van der Waals surface area contributed by atoms with E-state index < -0.39 is 0 Å². The van der Waals surface area contributed by atoms with Gasteiger partial charge in [0.05, 0.1) is 10.0 Å². The first-order chi connectivity index (χ1) is 10.6. The van der Waals surface area contributed by atoms with Crippen LogP contribution in [-0.2, 0) is 0 Å². The lowest BCUT2D eigenvalue weighted by atomic mass is 10.1. The van der Waals surface area contributed by atoms with Crippen molar-refractivity contribution in [2.75, 3.05) is 23.3 Å². The molecule has 1 aliphatic rings. The van der Waals surface area contributed by atoms with Crippen LogP contribution in [0.3, 0.4) is 0 Å². The molecule has 0 unspecified atom stereocenters. The summed E-state index contributed by atoms with van der Waals surface area (Å²) in [5.74, 6) is 1.56. The van der Waals surface area contributed by atoms with E-state index in [9.17, 15) is 0 Å². The second kappa shape index (κ2) is 6.71. The van der Waals surface area contributed by atoms with E-state index in [2.05, 4.69) is 20.2 Å². The van der Waals surface area contributed by atoms with E-state index in [1.807, 2.05) is 19.1 Å². The van der Waals surface area contributed by atoms with Crippen molar-refractivity contribution in [1.82, 2.24) is 9.97 Å². The van der Waals surface area contributed by atoms with Crippen molar-refractivity contribution >= 4 is 40.7 Å². The average molecular weight is 337 g/mol. The zero-order valence-corrected chi connectivity index (χ0v) is 14.0. The van der Waals surface area contributed by atoms with Gasteiger partial charge in [-0.15, -0.1) is 0 Å². The van der Waals surface area contributed by atoms with Gasteiger partial charge in [-0.05, 0) is 44.4 Å². The Labute approximate surface area is 140 Å². The second-order valence-electron chi connectivity index (χ2n) is 5.50. The SMILES string of the molecule is Cc1cc(Nc2ccc(Cl)c(Cl)c2)nc(N2CCCCC2)n1. The van der Waals surface area contributed by atoms with Crippen molar-refractivity contribution < 1.29 is 0 Å². The number of nitrogens with one attached hydrogen (secondary N) is 1. The van der Waals surface area contributed by atoms with Gasteiger partial charge in [0.2, 0.25) is 5.95 Å². The Morgan fingerprint density at radius 2 is 1.77 bits per heavy atom. The van der Waals surface area contributed by atoms with E-state index >= 15 is 0 Å². The molecule has 2 aromatic rings. The molecule has 6 heteroatoms. The molecule has 1 N–H and O–H groups in total. The summed E-state index contributed by atoms with van der Waals surface area (Å²) in [6.07, 6.45) is 3.69. The first kappa shape index (κ1) is 15.4. The molecule has 2 heterocycles. The van der Waals surface area contributed by atoms with Gasteiger partial charge in [0.25, 0.3) is 0 Å². The number of aromatic nitrogens is 2. The molecule has 0 saturated carbocycles. The van der Waals surface area contributed by atoms with Crippen molar-refractivity contribution in [3.8, 4) is 0 Å². The van der Waals surface area contributed by atoms with Crippen LogP contribution in [0.5, 0.6) is 0 Å². The molecule has 1 aromatic carbocycles. The number of anilines is 3. The van der Waals surface area contributed by atoms with Crippen LogP contribution in [0, 0.1) is 6.92 Å². The molecular weight excluding hydrogens is 319 g/mol. The minimum absolute atomic E-state index is 0.522. The minimum atomic E-state index is 0.522. The Bertz CT molecular complexity index is 669. The fourth-order valence-electron chi connectivity index (χ4n) is 2.57. The smallest absolute Gasteiger partial charge is 0.227 e. The summed E-state index contributed by atoms with van der Waals surface area (Å²) in [7, 11) is 0. The summed E-state index contributed by atoms with van der Waals surface area (Å²) in [5, 5.41) is 4.34. The van der Waals surface area contributed by atoms with Gasteiger partial charge in [-0.2, -0.15) is 4.98 Å². The molecule has 1 aliphatic heterocycles. The summed E-state index contributed by atoms with van der Waals surface area (Å²) < 4.78 is 0. The Hall–Kier alpha value is -1.52. The van der Waals surface area contributed by atoms with E-state index in [1.54, 1.807) is 12.1 Å². The normalized spacial score (nSPS) is 15.0. The van der Waals surface area contributed by atoms with E-state index in [1.165, 1.54) is 19.3 Å². The molecule has 1 saturated heterocycles. The van der Waals surface area contributed by atoms with Crippen LogP contribution in [0.4, 0.5) is 17.5 Å². The van der Waals surface area contributed by atoms with Crippen LogP contribution in [0.1, 0.15) is 25.0 Å². The number of rotatable bonds is 3. The number of hydrogen-bond donors (Lipinski definition) is 1. The molecular formula is C16H18Cl2N4. The lowest BCUT2D eigenvalue weighted by Crippen LogP contribution is -2.31. The summed E-state index contributed by atoms with van der Waals surface area (Å²) in [4.78, 5) is 11.4. The van der Waals surface area contributed by atoms with Crippen molar-refractivity contribution in [1.29, 1.82) is 0 Å². The van der Waals surface area contributed by atoms with Crippen LogP contribution in [0.15, 0.2) is 24.3 Å². The zero-order chi connectivity index (χ0) is 15.5. The molecule has 0 aliphatic carbocycles. The zero-order valence-electron chi connectivity index (χ0n) is 12.4. The van der Waals surface area contributed by atoms with E-state index in [0.717, 1.165) is 36.2 Å². The lowest BCUT2D eigenvalue weighted by Gasteiger charge is -2.27. The van der Waals surface area contributed by atoms with Gasteiger partial charge in [0.15, 0.2) is 0 Å². The highest BCUT2D eigenvalue weighted by atomic mass is 35.5. The van der Waals surface area contributed by atoms with Gasteiger partial charge in [0.1, 0.15) is 5.82 Å². The summed E-state index contributed by atoms with van der Waals surface area (Å²) in [5.41, 5.74) is 1.80. The predicted molar refractivity (Wildman–Crippen MR) is 92.6 cm³/mol. The van der Waals surface area contributed by atoms with Crippen LogP contribution >= 0.6 is 23.2 Å². The maximum absolute atomic E-state index is 6.05. The number of nitrogens with zero attached hydrogens (tertiary/aromatic N) is 3. The fraction of sp³-hybridized carbons (Fsp3) is 0.375. The number of benzene rings is 1. The molecule has 0 amide bonds. The summed E-state index contributed by atoms with van der Waals surface area (Å²) >= 11 is 12.0. The van der Waals surface area contributed by atoms with Gasteiger partial charge >= 0.3 is 0 Å². The van der Waals surface area contributed by atoms with Crippen LogP contribution in [0.25, 0.3) is 0 Å². The maximum Gasteiger partial charge on any atom is 0.227 e. The Morgan fingerprint density at radius 3 is 2.50 bits per heavy atom. The molecule has 0 spiro atoms. The fourth-order valence-corrected chi connectivity index (χ4v) is 2.87. The molecule has 1 aromatic heterocycles. The van der Waals surface area contributed by atoms with Crippen molar-refractivity contribution in [2.45, 2.75) is 26.2 Å². The van der Waals surface area contributed by atoms with E-state index in [0.29, 0.717) is 10.0 Å². The average Bonchev–Trinajstić information content (AvgIpc) is 2.51. The predicted octanol–water partition coefficient (Wildman–Crippen LogP) is 4.83. The van der Waals surface area contributed by atoms with E-state index in [-0.39, 0.29) is 0 Å². The number of halogens is 2. The Kier molecular flexibility index (Phi) is 4.69. The first-order valence-corrected chi connectivity index (χ1v) is 8.20. The van der Waals surface area contributed by atoms with Gasteiger partial charge in [-0.1, -0.05) is 23.2 Å². The molecule has 0 radical (unpaired) electrons. The highest BCUT2D eigenvalue weighted by Crippen LogP contribution is 2.27. The van der Waals surface area contributed by atoms with Crippen LogP contribution < -0.4 is 10.2 Å². The molecule has 0 atom stereocenters. The number of hydrogen-bond acceptors (Lipinski definition) is 4. The van der Waals surface area contributed by atoms with Gasteiger partial charge in [-0.25, -0.2) is 4.98 Å². The van der Waals surface area contributed by atoms with Gasteiger partial charge in [0, 0.05) is 30.5 Å². The third-order valence-corrected chi connectivity index (χ3v) is 4.41. The van der Waals surface area contributed by atoms with Gasteiger partial charge < -0.3 is 10.2 Å². The van der Waals surface area contributed by atoms with Gasteiger partial charge in [-0.3, -0.25) is 0 Å². The maximum atomic E-state index is 6.05. The van der Waals surface area contributed by atoms with Crippen molar-refractivity contribution in [3.63, 3.8) is 0 Å². The Balaban J connectivity index is 1.83. The van der Waals surface area contributed by atoms with Crippen molar-refractivity contribution in [3.05, 3.63) is 40.0 Å². The van der Waals surface area contributed by atoms with E-state index in [4.69, 9.17) is 23.2 Å². The molecule has 116 valence electrons. The standard InChI is InChI=1S/C16H18Cl2N4/c1-11-9-15(20-12-5-6-13(17)14(18)10-12)21-16(19-11)22-7-3-2-4-8-22/h5-6,9-10H,2-4,7-8H2,1H3,(H,19,20,21). The van der Waals surface area contributed by atoms with Crippen LogP contribution in [-0.4, -0.2) is 23.1 Å². The summed E-state index contributed by atoms with van der Waals surface area (Å²) in [6, 6.07) is 7.37. The summed E-state index contributed by atoms with van der Waals surface area (Å²) in [6.45, 7) is 4.03. The molecule has 0 bridgehead atoms. The highest BCUT2D eigenvalue weighted by molar-refractivity contribution is 6.42.